The minimum atomic E-state index is -0.371. The van der Waals surface area contributed by atoms with Gasteiger partial charge in [0.05, 0.1) is 22.5 Å². The Morgan fingerprint density at radius 2 is 2.10 bits per heavy atom. The fourth-order valence-electron chi connectivity index (χ4n) is 2.53. The first-order valence-corrected chi connectivity index (χ1v) is 7.64. The quantitative estimate of drug-likeness (QED) is 0.877. The zero-order valence-electron chi connectivity index (χ0n) is 12.7. The lowest BCUT2D eigenvalue weighted by Crippen LogP contribution is -2.25. The molecule has 3 nitrogen and oxygen atoms in total. The van der Waals surface area contributed by atoms with Crippen molar-refractivity contribution in [2.45, 2.75) is 39.8 Å². The third-order valence-corrected chi connectivity index (χ3v) is 3.77. The molecule has 2 rings (SSSR count). The second kappa shape index (κ2) is 7.05. The van der Waals surface area contributed by atoms with Crippen LogP contribution in [0.15, 0.2) is 24.3 Å². The van der Waals surface area contributed by atoms with Crippen molar-refractivity contribution in [3.63, 3.8) is 0 Å². The van der Waals surface area contributed by atoms with Crippen LogP contribution < -0.4 is 5.32 Å². The third kappa shape index (κ3) is 3.83. The minimum Gasteiger partial charge on any atom is -0.309 e. The first kappa shape index (κ1) is 16.0. The van der Waals surface area contributed by atoms with Gasteiger partial charge >= 0.3 is 0 Å². The molecule has 1 aromatic carbocycles. The van der Waals surface area contributed by atoms with Crippen molar-refractivity contribution in [2.75, 3.05) is 6.54 Å². The summed E-state index contributed by atoms with van der Waals surface area (Å²) in [7, 11) is 0. The molecule has 1 atom stereocenters. The van der Waals surface area contributed by atoms with Crippen molar-refractivity contribution in [1.82, 2.24) is 15.1 Å². The molecule has 2 aromatic rings. The van der Waals surface area contributed by atoms with Gasteiger partial charge in [-0.3, -0.25) is 4.68 Å². The van der Waals surface area contributed by atoms with Crippen LogP contribution in [0.3, 0.4) is 0 Å². The molecule has 0 saturated heterocycles. The van der Waals surface area contributed by atoms with E-state index in [1.165, 1.54) is 6.07 Å². The summed E-state index contributed by atoms with van der Waals surface area (Å²) in [5.41, 5.74) is 3.05. The van der Waals surface area contributed by atoms with Gasteiger partial charge in [0.15, 0.2) is 0 Å². The largest absolute Gasteiger partial charge is 0.309 e. The number of hydrogen-bond acceptors (Lipinski definition) is 2. The molecule has 5 heteroatoms. The summed E-state index contributed by atoms with van der Waals surface area (Å²) in [6.45, 7) is 7.78. The van der Waals surface area contributed by atoms with E-state index in [1.54, 1.807) is 6.07 Å². The maximum atomic E-state index is 13.6. The molecule has 0 spiro atoms. The predicted octanol–water partition coefficient (Wildman–Crippen LogP) is 3.90. The monoisotopic (exact) mass is 309 g/mol. The summed E-state index contributed by atoms with van der Waals surface area (Å²) in [6, 6.07) is 7.18. The highest BCUT2D eigenvalue weighted by Gasteiger charge is 2.17. The Labute approximate surface area is 130 Å². The Hall–Kier alpha value is -1.39. The molecule has 0 radical (unpaired) electrons. The smallest absolute Gasteiger partial charge is 0.142 e. The van der Waals surface area contributed by atoms with Crippen LogP contribution in [0.2, 0.25) is 5.02 Å². The van der Waals surface area contributed by atoms with Crippen LogP contribution in [-0.2, 0) is 13.0 Å². The number of halogens is 2. The molecule has 0 saturated carbocycles. The van der Waals surface area contributed by atoms with Crippen LogP contribution in [0.4, 0.5) is 4.39 Å². The molecular formula is C16H21ClFN3. The van der Waals surface area contributed by atoms with Gasteiger partial charge in [-0.05, 0) is 50.6 Å². The zero-order valence-corrected chi connectivity index (χ0v) is 13.4. The van der Waals surface area contributed by atoms with Crippen LogP contribution in [0.1, 0.15) is 36.8 Å². The molecule has 0 aliphatic heterocycles. The molecule has 21 heavy (non-hydrogen) atoms. The first-order chi connectivity index (χ1) is 10.0. The van der Waals surface area contributed by atoms with Gasteiger partial charge in [-0.2, -0.15) is 5.10 Å². The highest BCUT2D eigenvalue weighted by atomic mass is 35.5. The molecule has 1 aromatic heterocycles. The Morgan fingerprint density at radius 1 is 1.33 bits per heavy atom. The molecule has 1 N–H and O–H groups in total. The summed E-state index contributed by atoms with van der Waals surface area (Å²) in [4.78, 5) is 0. The third-order valence-electron chi connectivity index (χ3n) is 3.46. The molecule has 0 bridgehead atoms. The maximum Gasteiger partial charge on any atom is 0.142 e. The number of hydrogen-bond donors (Lipinski definition) is 1. The maximum absolute atomic E-state index is 13.6. The van der Waals surface area contributed by atoms with E-state index >= 15 is 0 Å². The summed E-state index contributed by atoms with van der Waals surface area (Å²) in [6.07, 6.45) is 0.701. The molecule has 1 heterocycles. The standard InChI is InChI=1S/C16H21ClFN3/c1-4-19-15(16-8-11(3)20-21(16)5-2)10-12-6-7-13(17)14(18)9-12/h6-9,15,19H,4-5,10H2,1-3H3. The Kier molecular flexibility index (Phi) is 5.37. The summed E-state index contributed by atoms with van der Waals surface area (Å²) >= 11 is 5.74. The molecule has 0 amide bonds. The zero-order chi connectivity index (χ0) is 15.4. The molecule has 0 aliphatic carbocycles. The second-order valence-corrected chi connectivity index (χ2v) is 5.50. The number of aromatic nitrogens is 2. The van der Waals surface area contributed by atoms with Crippen LogP contribution in [-0.4, -0.2) is 16.3 Å². The van der Waals surface area contributed by atoms with E-state index in [-0.39, 0.29) is 16.9 Å². The van der Waals surface area contributed by atoms with Crippen molar-refractivity contribution in [1.29, 1.82) is 0 Å². The topological polar surface area (TPSA) is 29.9 Å². The van der Waals surface area contributed by atoms with Gasteiger partial charge in [0.1, 0.15) is 5.82 Å². The Bertz CT molecular complexity index is 610. The number of nitrogens with zero attached hydrogens (tertiary/aromatic N) is 2. The van der Waals surface area contributed by atoms with E-state index in [2.05, 4.69) is 30.3 Å². The number of benzene rings is 1. The van der Waals surface area contributed by atoms with Crippen LogP contribution in [0.25, 0.3) is 0 Å². The molecule has 1 unspecified atom stereocenters. The van der Waals surface area contributed by atoms with Crippen molar-refractivity contribution < 1.29 is 4.39 Å². The number of likely N-dealkylation sites (N-methyl/N-ethyl adjacent to an activating group) is 1. The minimum absolute atomic E-state index is 0.108. The van der Waals surface area contributed by atoms with Crippen molar-refractivity contribution >= 4 is 11.6 Å². The van der Waals surface area contributed by atoms with Crippen LogP contribution in [0, 0.1) is 12.7 Å². The van der Waals surface area contributed by atoms with Crippen molar-refractivity contribution in [3.8, 4) is 0 Å². The highest BCUT2D eigenvalue weighted by molar-refractivity contribution is 6.30. The molecule has 0 fully saturated rings. The van der Waals surface area contributed by atoms with Crippen LogP contribution in [0.5, 0.6) is 0 Å². The molecule has 0 aliphatic rings. The second-order valence-electron chi connectivity index (χ2n) is 5.09. The SMILES string of the molecule is CCNC(Cc1ccc(Cl)c(F)c1)c1cc(C)nn1CC. The fourth-order valence-corrected chi connectivity index (χ4v) is 2.65. The Morgan fingerprint density at radius 3 is 2.71 bits per heavy atom. The van der Waals surface area contributed by atoms with E-state index in [9.17, 15) is 4.39 Å². The van der Waals surface area contributed by atoms with Gasteiger partial charge in [0.2, 0.25) is 0 Å². The number of nitrogens with one attached hydrogen (secondary N) is 1. The lowest BCUT2D eigenvalue weighted by atomic mass is 10.0. The lowest BCUT2D eigenvalue weighted by Gasteiger charge is -2.19. The fraction of sp³-hybridized carbons (Fsp3) is 0.438. The molecule has 114 valence electrons. The van der Waals surface area contributed by atoms with E-state index in [4.69, 9.17) is 11.6 Å². The van der Waals surface area contributed by atoms with Crippen molar-refractivity contribution in [2.24, 2.45) is 0 Å². The molecular weight excluding hydrogens is 289 g/mol. The van der Waals surface area contributed by atoms with E-state index < -0.39 is 0 Å². The van der Waals surface area contributed by atoms with Gasteiger partial charge < -0.3 is 5.32 Å². The van der Waals surface area contributed by atoms with Gasteiger partial charge in [-0.25, -0.2) is 4.39 Å². The van der Waals surface area contributed by atoms with E-state index in [0.29, 0.717) is 6.42 Å². The number of rotatable bonds is 6. The van der Waals surface area contributed by atoms with Crippen molar-refractivity contribution in [3.05, 3.63) is 52.1 Å². The predicted molar refractivity (Wildman–Crippen MR) is 84.2 cm³/mol. The van der Waals surface area contributed by atoms with E-state index in [1.807, 2.05) is 17.7 Å². The van der Waals surface area contributed by atoms with Gasteiger partial charge in [-0.1, -0.05) is 24.6 Å². The summed E-state index contributed by atoms with van der Waals surface area (Å²) < 4.78 is 15.6. The number of aryl methyl sites for hydroxylation is 2. The van der Waals surface area contributed by atoms with Gasteiger partial charge in [-0.15, -0.1) is 0 Å². The normalized spacial score (nSPS) is 12.6. The average molecular weight is 310 g/mol. The summed E-state index contributed by atoms with van der Waals surface area (Å²) in [5, 5.41) is 8.10. The van der Waals surface area contributed by atoms with Gasteiger partial charge in [0.25, 0.3) is 0 Å². The first-order valence-electron chi connectivity index (χ1n) is 7.26. The average Bonchev–Trinajstić information content (AvgIpc) is 2.83. The lowest BCUT2D eigenvalue weighted by molar-refractivity contribution is 0.489. The highest BCUT2D eigenvalue weighted by Crippen LogP contribution is 2.22. The Balaban J connectivity index is 2.27. The van der Waals surface area contributed by atoms with Gasteiger partial charge in [0, 0.05) is 6.54 Å². The summed E-state index contributed by atoms with van der Waals surface area (Å²) in [5.74, 6) is -0.371. The van der Waals surface area contributed by atoms with Crippen LogP contribution >= 0.6 is 11.6 Å². The van der Waals surface area contributed by atoms with E-state index in [0.717, 1.165) is 30.0 Å².